The molecule has 1 amide bonds. The molecule has 0 unspecified atom stereocenters. The lowest BCUT2D eigenvalue weighted by atomic mass is 9.99. The summed E-state index contributed by atoms with van der Waals surface area (Å²) in [5, 5.41) is 8.79. The van der Waals surface area contributed by atoms with Gasteiger partial charge in [-0.1, -0.05) is 82.4 Å². The second-order valence-electron chi connectivity index (χ2n) is 12.8. The minimum absolute atomic E-state index is 0.331. The van der Waals surface area contributed by atoms with Crippen molar-refractivity contribution in [2.75, 3.05) is 11.9 Å². The van der Waals surface area contributed by atoms with Crippen LogP contribution in [0.2, 0.25) is 0 Å². The number of carbonyl (C=O) groups is 1. The number of anilines is 2. The van der Waals surface area contributed by atoms with Crippen LogP contribution < -0.4 is 10.6 Å². The third-order valence-corrected chi connectivity index (χ3v) is 8.90. The number of fused-ring (bicyclic) bond motifs is 3. The van der Waals surface area contributed by atoms with Crippen molar-refractivity contribution in [3.05, 3.63) is 59.1 Å². The van der Waals surface area contributed by atoms with E-state index < -0.39 is 5.60 Å². The molecule has 0 fully saturated rings. The van der Waals surface area contributed by atoms with Crippen molar-refractivity contribution in [1.29, 1.82) is 0 Å². The number of thiazole rings is 1. The average Bonchev–Trinajstić information content (AvgIpc) is 3.46. The molecule has 0 aliphatic rings. The summed E-state index contributed by atoms with van der Waals surface area (Å²) in [4.78, 5) is 21.8. The molecule has 2 aromatic heterocycles. The van der Waals surface area contributed by atoms with E-state index >= 15 is 0 Å². The molecule has 0 spiro atoms. The standard InChI is InChI=1S/C38H50N4O2S/c1-6-18-29(19-7-2)36-42-33-34(45-36)31-21-15-16-22-32(31)41-35(33)40-30-25-23-28(24-26-30)20-14-12-10-8-9-11-13-17-27-39-37(43)44-38(3,4)5/h15-16,21-26,29H,6-13,17-19,27H2,1-5H3,(H,39,43)(H,40,41). The van der Waals surface area contributed by atoms with E-state index in [1.807, 2.05) is 38.2 Å². The van der Waals surface area contributed by atoms with E-state index in [-0.39, 0.29) is 6.09 Å². The van der Waals surface area contributed by atoms with Gasteiger partial charge in [-0.25, -0.2) is 14.8 Å². The minimum atomic E-state index is -0.448. The molecule has 240 valence electrons. The van der Waals surface area contributed by atoms with E-state index in [2.05, 4.69) is 78.8 Å². The van der Waals surface area contributed by atoms with E-state index in [1.165, 1.54) is 47.2 Å². The van der Waals surface area contributed by atoms with Gasteiger partial charge in [0.25, 0.3) is 0 Å². The number of ether oxygens (including phenoxy) is 1. The van der Waals surface area contributed by atoms with Gasteiger partial charge in [-0.15, -0.1) is 11.3 Å². The fourth-order valence-corrected chi connectivity index (χ4v) is 6.72. The third-order valence-electron chi connectivity index (χ3n) is 7.65. The number of nitrogens with zero attached hydrogens (tertiary/aromatic N) is 2. The summed E-state index contributed by atoms with van der Waals surface area (Å²) in [6.45, 7) is 10.8. The molecule has 2 N–H and O–H groups in total. The largest absolute Gasteiger partial charge is 0.444 e. The van der Waals surface area contributed by atoms with Gasteiger partial charge in [0, 0.05) is 35.5 Å². The van der Waals surface area contributed by atoms with E-state index in [9.17, 15) is 4.79 Å². The van der Waals surface area contributed by atoms with Crippen LogP contribution >= 0.6 is 11.3 Å². The van der Waals surface area contributed by atoms with Crippen LogP contribution in [0.4, 0.5) is 16.3 Å². The Hall–Kier alpha value is -3.63. The number of carbonyl (C=O) groups excluding carboxylic acids is 1. The molecule has 4 aromatic rings. The van der Waals surface area contributed by atoms with Crippen LogP contribution in [0.3, 0.4) is 0 Å². The van der Waals surface area contributed by atoms with Crippen molar-refractivity contribution in [2.45, 2.75) is 117 Å². The van der Waals surface area contributed by atoms with Crippen LogP contribution in [0.1, 0.15) is 122 Å². The Morgan fingerprint density at radius 3 is 2.31 bits per heavy atom. The Kier molecular flexibility index (Phi) is 13.1. The van der Waals surface area contributed by atoms with Gasteiger partial charge >= 0.3 is 6.09 Å². The van der Waals surface area contributed by atoms with Crippen molar-refractivity contribution in [2.24, 2.45) is 0 Å². The highest BCUT2D eigenvalue weighted by molar-refractivity contribution is 7.19. The maximum absolute atomic E-state index is 11.7. The predicted octanol–water partition coefficient (Wildman–Crippen LogP) is 10.9. The van der Waals surface area contributed by atoms with E-state index in [0.717, 1.165) is 66.6 Å². The molecule has 6 nitrogen and oxygen atoms in total. The first-order chi connectivity index (χ1) is 21.8. The number of nitrogens with one attached hydrogen (secondary N) is 2. The Morgan fingerprint density at radius 1 is 0.911 bits per heavy atom. The molecule has 0 aliphatic heterocycles. The van der Waals surface area contributed by atoms with Gasteiger partial charge in [-0.3, -0.25) is 0 Å². The fraction of sp³-hybridized carbons (Fsp3) is 0.500. The number of pyridine rings is 1. The molecule has 2 heterocycles. The van der Waals surface area contributed by atoms with Crippen molar-refractivity contribution >= 4 is 50.1 Å². The van der Waals surface area contributed by atoms with Crippen LogP contribution in [-0.2, 0) is 4.74 Å². The van der Waals surface area contributed by atoms with Gasteiger partial charge in [0.2, 0.25) is 0 Å². The summed E-state index contributed by atoms with van der Waals surface area (Å²) in [7, 11) is 0. The molecule has 4 rings (SSSR count). The molecule has 0 atom stereocenters. The van der Waals surface area contributed by atoms with Crippen molar-refractivity contribution in [3.8, 4) is 11.8 Å². The van der Waals surface area contributed by atoms with Gasteiger partial charge in [-0.05, 0) is 76.8 Å². The number of hydrogen-bond donors (Lipinski definition) is 2. The zero-order valence-electron chi connectivity index (χ0n) is 27.8. The van der Waals surface area contributed by atoms with Gasteiger partial charge in [0.05, 0.1) is 15.2 Å². The average molecular weight is 627 g/mol. The van der Waals surface area contributed by atoms with Crippen LogP contribution in [0, 0.1) is 11.8 Å². The summed E-state index contributed by atoms with van der Waals surface area (Å²) in [6, 6.07) is 16.7. The lowest BCUT2D eigenvalue weighted by Crippen LogP contribution is -2.32. The number of aromatic nitrogens is 2. The highest BCUT2D eigenvalue weighted by Gasteiger charge is 2.19. The number of rotatable bonds is 15. The second kappa shape index (κ2) is 17.2. The van der Waals surface area contributed by atoms with Crippen LogP contribution in [-0.4, -0.2) is 28.2 Å². The number of benzene rings is 2. The maximum atomic E-state index is 11.7. The number of unbranched alkanes of at least 4 members (excludes halogenated alkanes) is 6. The van der Waals surface area contributed by atoms with Gasteiger partial charge in [0.1, 0.15) is 11.1 Å². The SMILES string of the molecule is CCCC(CCC)c1nc2c(Nc3ccc(C#CCCCCCCCCNC(=O)OC(C)(C)C)cc3)nc3ccccc3c2s1. The molecular weight excluding hydrogens is 577 g/mol. The summed E-state index contributed by atoms with van der Waals surface area (Å²) < 4.78 is 6.47. The van der Waals surface area contributed by atoms with Gasteiger partial charge in [-0.2, -0.15) is 0 Å². The summed E-state index contributed by atoms with van der Waals surface area (Å²) in [6.07, 6.45) is 12.0. The molecular formula is C38H50N4O2S. The van der Waals surface area contributed by atoms with Crippen LogP contribution in [0.25, 0.3) is 21.1 Å². The topological polar surface area (TPSA) is 76.1 Å². The number of hydrogen-bond acceptors (Lipinski definition) is 6. The first-order valence-corrected chi connectivity index (χ1v) is 17.6. The highest BCUT2D eigenvalue weighted by atomic mass is 32.1. The zero-order valence-corrected chi connectivity index (χ0v) is 28.6. The summed E-state index contributed by atoms with van der Waals surface area (Å²) >= 11 is 1.84. The smallest absolute Gasteiger partial charge is 0.407 e. The number of alkyl carbamates (subject to hydrolysis) is 1. The Bertz CT molecular complexity index is 1570. The molecule has 2 aromatic carbocycles. The zero-order chi connectivity index (χ0) is 32.1. The Balaban J connectivity index is 1.26. The second-order valence-corrected chi connectivity index (χ2v) is 13.8. The van der Waals surface area contributed by atoms with E-state index in [0.29, 0.717) is 12.5 Å². The monoisotopic (exact) mass is 626 g/mol. The van der Waals surface area contributed by atoms with Crippen LogP contribution in [0.5, 0.6) is 0 Å². The van der Waals surface area contributed by atoms with Crippen molar-refractivity contribution < 1.29 is 9.53 Å². The Labute approximate surface area is 273 Å². The third kappa shape index (κ3) is 10.7. The van der Waals surface area contributed by atoms with Gasteiger partial charge in [0.15, 0.2) is 5.82 Å². The van der Waals surface area contributed by atoms with Crippen molar-refractivity contribution in [3.63, 3.8) is 0 Å². The maximum Gasteiger partial charge on any atom is 0.407 e. The summed E-state index contributed by atoms with van der Waals surface area (Å²) in [5.74, 6) is 7.97. The van der Waals surface area contributed by atoms with E-state index in [4.69, 9.17) is 14.7 Å². The van der Waals surface area contributed by atoms with E-state index in [1.54, 1.807) is 0 Å². The van der Waals surface area contributed by atoms with Gasteiger partial charge < -0.3 is 15.4 Å². The lowest BCUT2D eigenvalue weighted by Gasteiger charge is -2.19. The molecule has 0 aliphatic carbocycles. The molecule has 7 heteroatoms. The highest BCUT2D eigenvalue weighted by Crippen LogP contribution is 2.39. The molecule has 0 bridgehead atoms. The molecule has 0 radical (unpaired) electrons. The minimum Gasteiger partial charge on any atom is -0.444 e. The fourth-order valence-electron chi connectivity index (χ4n) is 5.45. The normalized spacial score (nSPS) is 11.5. The van der Waals surface area contributed by atoms with Crippen LogP contribution in [0.15, 0.2) is 48.5 Å². The molecule has 0 saturated carbocycles. The Morgan fingerprint density at radius 2 is 1.60 bits per heavy atom. The predicted molar refractivity (Wildman–Crippen MR) is 191 cm³/mol. The summed E-state index contributed by atoms with van der Waals surface area (Å²) in [5.41, 5.74) is 3.51. The first-order valence-electron chi connectivity index (χ1n) is 16.8. The number of para-hydroxylation sites is 1. The molecule has 0 saturated heterocycles. The lowest BCUT2D eigenvalue weighted by molar-refractivity contribution is 0.0527. The number of amides is 1. The quantitative estimate of drug-likeness (QED) is 0.101. The first kappa shape index (κ1) is 34.2. The van der Waals surface area contributed by atoms with Crippen molar-refractivity contribution in [1.82, 2.24) is 15.3 Å². The molecule has 45 heavy (non-hydrogen) atoms.